The van der Waals surface area contributed by atoms with E-state index in [1.807, 2.05) is 0 Å². The van der Waals surface area contributed by atoms with E-state index in [-0.39, 0.29) is 11.9 Å². The van der Waals surface area contributed by atoms with Crippen molar-refractivity contribution < 1.29 is 4.79 Å². The number of amides is 1. The largest absolute Gasteiger partial charge is 0.349 e. The molecule has 0 spiro atoms. The van der Waals surface area contributed by atoms with Crippen LogP contribution in [-0.2, 0) is 4.79 Å². The molecule has 0 aliphatic rings. The lowest BCUT2D eigenvalue weighted by molar-refractivity contribution is -0.130. The molecular formula is C14H31N3O. The lowest BCUT2D eigenvalue weighted by Gasteiger charge is -2.33. The van der Waals surface area contributed by atoms with Crippen LogP contribution in [0.5, 0.6) is 0 Å². The van der Waals surface area contributed by atoms with Crippen molar-refractivity contribution in [2.45, 2.75) is 40.2 Å². The van der Waals surface area contributed by atoms with Gasteiger partial charge in [-0.2, -0.15) is 0 Å². The molecule has 0 aromatic carbocycles. The molecule has 2 N–H and O–H groups in total. The lowest BCUT2D eigenvalue weighted by atomic mass is 10.1. The third kappa shape index (κ3) is 6.97. The molecule has 0 saturated heterocycles. The molecule has 0 fully saturated rings. The summed E-state index contributed by atoms with van der Waals surface area (Å²) in [6, 6.07) is 0.157. The van der Waals surface area contributed by atoms with Crippen molar-refractivity contribution in [1.29, 1.82) is 0 Å². The predicted molar refractivity (Wildman–Crippen MR) is 77.4 cm³/mol. The highest BCUT2D eigenvalue weighted by Gasteiger charge is 2.22. The summed E-state index contributed by atoms with van der Waals surface area (Å²) in [4.78, 5) is 15.8. The van der Waals surface area contributed by atoms with Gasteiger partial charge in [-0.1, -0.05) is 27.7 Å². The van der Waals surface area contributed by atoms with E-state index in [1.54, 1.807) is 19.0 Å². The summed E-state index contributed by atoms with van der Waals surface area (Å²) in [5, 5.41) is 0. The molecule has 1 unspecified atom stereocenters. The summed E-state index contributed by atoms with van der Waals surface area (Å²) < 4.78 is 0. The van der Waals surface area contributed by atoms with Gasteiger partial charge in [0.15, 0.2) is 0 Å². The van der Waals surface area contributed by atoms with E-state index in [1.165, 1.54) is 0 Å². The maximum atomic E-state index is 11.8. The van der Waals surface area contributed by atoms with Crippen LogP contribution in [-0.4, -0.2) is 55.5 Å². The first kappa shape index (κ1) is 17.4. The normalized spacial score (nSPS) is 13.4. The van der Waals surface area contributed by atoms with Gasteiger partial charge in [0.2, 0.25) is 5.91 Å². The second kappa shape index (κ2) is 8.48. The van der Waals surface area contributed by atoms with Gasteiger partial charge in [-0.3, -0.25) is 9.69 Å². The van der Waals surface area contributed by atoms with Gasteiger partial charge < -0.3 is 10.6 Å². The highest BCUT2D eigenvalue weighted by atomic mass is 16.2. The maximum absolute atomic E-state index is 11.8. The fourth-order valence-corrected chi connectivity index (χ4v) is 2.06. The molecule has 1 atom stereocenters. The standard InChI is InChI=1S/C14H31N3O/c1-11(2)9-17(10-12(3)4)13(8-15)7-14(18)16(5)6/h11-13H,7-10,15H2,1-6H3. The Kier molecular flexibility index (Phi) is 8.20. The summed E-state index contributed by atoms with van der Waals surface area (Å²) in [5.41, 5.74) is 5.86. The summed E-state index contributed by atoms with van der Waals surface area (Å²) in [6.45, 7) is 11.4. The van der Waals surface area contributed by atoms with E-state index in [0.29, 0.717) is 24.8 Å². The molecule has 0 heterocycles. The third-order valence-electron chi connectivity index (χ3n) is 2.90. The Morgan fingerprint density at radius 1 is 1.06 bits per heavy atom. The number of nitrogens with zero attached hydrogens (tertiary/aromatic N) is 2. The Labute approximate surface area is 113 Å². The molecule has 4 heteroatoms. The van der Waals surface area contributed by atoms with Crippen LogP contribution in [0.25, 0.3) is 0 Å². The van der Waals surface area contributed by atoms with E-state index in [2.05, 4.69) is 32.6 Å². The van der Waals surface area contributed by atoms with Gasteiger partial charge in [0, 0.05) is 46.2 Å². The summed E-state index contributed by atoms with van der Waals surface area (Å²) in [7, 11) is 3.59. The van der Waals surface area contributed by atoms with Crippen LogP contribution in [0.1, 0.15) is 34.1 Å². The molecule has 0 aliphatic carbocycles. The van der Waals surface area contributed by atoms with Crippen molar-refractivity contribution in [3.8, 4) is 0 Å². The van der Waals surface area contributed by atoms with Gasteiger partial charge >= 0.3 is 0 Å². The molecule has 0 rings (SSSR count). The highest BCUT2D eigenvalue weighted by molar-refractivity contribution is 5.76. The molecular weight excluding hydrogens is 226 g/mol. The monoisotopic (exact) mass is 257 g/mol. The number of carbonyl (C=O) groups excluding carboxylic acids is 1. The third-order valence-corrected chi connectivity index (χ3v) is 2.90. The van der Waals surface area contributed by atoms with Gasteiger partial charge in [-0.05, 0) is 11.8 Å². The molecule has 0 aromatic rings. The zero-order valence-corrected chi connectivity index (χ0v) is 12.9. The lowest BCUT2D eigenvalue weighted by Crippen LogP contribution is -2.46. The van der Waals surface area contributed by atoms with Crippen LogP contribution >= 0.6 is 0 Å². The minimum Gasteiger partial charge on any atom is -0.349 e. The Bertz CT molecular complexity index is 229. The van der Waals surface area contributed by atoms with Crippen LogP contribution in [0.15, 0.2) is 0 Å². The van der Waals surface area contributed by atoms with Gasteiger partial charge in [0.25, 0.3) is 0 Å². The molecule has 0 saturated carbocycles. The predicted octanol–water partition coefficient (Wildman–Crippen LogP) is 1.41. The number of carbonyl (C=O) groups is 1. The van der Waals surface area contributed by atoms with Crippen LogP contribution in [0, 0.1) is 11.8 Å². The molecule has 1 amide bonds. The summed E-state index contributed by atoms with van der Waals surface area (Å²) in [6.07, 6.45) is 0.517. The second-order valence-electron chi connectivity index (χ2n) is 6.12. The number of hydrogen-bond acceptors (Lipinski definition) is 3. The minimum absolute atomic E-state index is 0.156. The van der Waals surface area contributed by atoms with Crippen LogP contribution < -0.4 is 5.73 Å². The fraction of sp³-hybridized carbons (Fsp3) is 0.929. The van der Waals surface area contributed by atoms with E-state index in [0.717, 1.165) is 13.1 Å². The zero-order chi connectivity index (χ0) is 14.3. The van der Waals surface area contributed by atoms with E-state index >= 15 is 0 Å². The van der Waals surface area contributed by atoms with Crippen LogP contribution in [0.4, 0.5) is 0 Å². The Morgan fingerprint density at radius 2 is 1.50 bits per heavy atom. The Hall–Kier alpha value is -0.610. The molecule has 4 nitrogen and oxygen atoms in total. The van der Waals surface area contributed by atoms with Gasteiger partial charge in [0.05, 0.1) is 0 Å². The Balaban J connectivity index is 4.63. The van der Waals surface area contributed by atoms with Gasteiger partial charge in [0.1, 0.15) is 0 Å². The van der Waals surface area contributed by atoms with Crippen molar-refractivity contribution in [3.63, 3.8) is 0 Å². The highest BCUT2D eigenvalue weighted by Crippen LogP contribution is 2.11. The molecule has 0 radical (unpaired) electrons. The first-order chi connectivity index (χ1) is 8.27. The smallest absolute Gasteiger partial charge is 0.223 e. The van der Waals surface area contributed by atoms with E-state index < -0.39 is 0 Å². The molecule has 0 aromatic heterocycles. The number of rotatable bonds is 8. The SMILES string of the molecule is CC(C)CN(CC(C)C)C(CN)CC(=O)N(C)C. The number of nitrogens with two attached hydrogens (primary N) is 1. The van der Waals surface area contributed by atoms with E-state index in [9.17, 15) is 4.79 Å². The zero-order valence-electron chi connectivity index (χ0n) is 12.9. The van der Waals surface area contributed by atoms with Gasteiger partial charge in [-0.25, -0.2) is 0 Å². The topological polar surface area (TPSA) is 49.6 Å². The van der Waals surface area contributed by atoms with E-state index in [4.69, 9.17) is 5.73 Å². The van der Waals surface area contributed by atoms with Gasteiger partial charge in [-0.15, -0.1) is 0 Å². The van der Waals surface area contributed by atoms with Crippen LogP contribution in [0.3, 0.4) is 0 Å². The first-order valence-corrected chi connectivity index (χ1v) is 6.92. The second-order valence-corrected chi connectivity index (χ2v) is 6.12. The number of hydrogen-bond donors (Lipinski definition) is 1. The van der Waals surface area contributed by atoms with Crippen molar-refractivity contribution >= 4 is 5.91 Å². The molecule has 0 bridgehead atoms. The fourth-order valence-electron chi connectivity index (χ4n) is 2.06. The molecule has 18 heavy (non-hydrogen) atoms. The van der Waals surface area contributed by atoms with Crippen molar-refractivity contribution in [3.05, 3.63) is 0 Å². The summed E-state index contributed by atoms with van der Waals surface area (Å²) in [5.74, 6) is 1.34. The summed E-state index contributed by atoms with van der Waals surface area (Å²) >= 11 is 0. The molecule has 108 valence electrons. The average molecular weight is 257 g/mol. The first-order valence-electron chi connectivity index (χ1n) is 6.92. The van der Waals surface area contributed by atoms with Crippen LogP contribution in [0.2, 0.25) is 0 Å². The van der Waals surface area contributed by atoms with Crippen molar-refractivity contribution in [1.82, 2.24) is 9.80 Å². The average Bonchev–Trinajstić information content (AvgIpc) is 2.22. The Morgan fingerprint density at radius 3 is 1.78 bits per heavy atom. The minimum atomic E-state index is 0.156. The molecule has 0 aliphatic heterocycles. The van der Waals surface area contributed by atoms with Crippen molar-refractivity contribution in [2.24, 2.45) is 17.6 Å². The quantitative estimate of drug-likeness (QED) is 0.715. The maximum Gasteiger partial charge on any atom is 0.223 e. The van der Waals surface area contributed by atoms with Crippen molar-refractivity contribution in [2.75, 3.05) is 33.7 Å².